The number of amides is 3. The molecule has 2 N–H and O–H groups in total. The molecule has 0 aliphatic rings. The average Bonchev–Trinajstić information content (AvgIpc) is 2.62. The van der Waals surface area contributed by atoms with Crippen molar-refractivity contribution in [3.63, 3.8) is 0 Å². The van der Waals surface area contributed by atoms with Crippen LogP contribution in [0.2, 0.25) is 0 Å². The lowest BCUT2D eigenvalue weighted by atomic mass is 10.1. The average molecular weight is 420 g/mol. The third-order valence-corrected chi connectivity index (χ3v) is 4.81. The number of thioether (sulfide) groups is 1. The molecule has 2 rings (SSSR count). The van der Waals surface area contributed by atoms with Crippen LogP contribution in [-0.4, -0.2) is 45.4 Å². The van der Waals surface area contributed by atoms with Crippen molar-refractivity contribution in [2.45, 2.75) is 50.2 Å². The first-order valence-electron chi connectivity index (χ1n) is 8.88. The minimum absolute atomic E-state index is 0.179. The third-order valence-electron chi connectivity index (χ3n) is 3.72. The molecule has 0 bridgehead atoms. The van der Waals surface area contributed by atoms with E-state index in [4.69, 9.17) is 0 Å². The number of aromatic nitrogens is 2. The highest BCUT2D eigenvalue weighted by Gasteiger charge is 2.23. The number of hydrogen-bond acceptors (Lipinski definition) is 7. The number of carbonyl (C=O) groups is 3. The van der Waals surface area contributed by atoms with Crippen LogP contribution in [0.15, 0.2) is 34.2 Å². The Bertz CT molecular complexity index is 996. The third kappa shape index (κ3) is 6.05. The van der Waals surface area contributed by atoms with E-state index in [1.54, 1.807) is 52.0 Å². The smallest absolute Gasteiger partial charge is 0.325 e. The van der Waals surface area contributed by atoms with Gasteiger partial charge in [0.2, 0.25) is 5.91 Å². The van der Waals surface area contributed by atoms with Crippen LogP contribution in [0, 0.1) is 0 Å². The summed E-state index contributed by atoms with van der Waals surface area (Å²) in [6.45, 7) is 6.61. The fourth-order valence-corrected chi connectivity index (χ4v) is 3.28. The zero-order chi connectivity index (χ0) is 21.8. The first kappa shape index (κ1) is 22.4. The summed E-state index contributed by atoms with van der Waals surface area (Å²) >= 11 is 0.972. The molecule has 0 saturated heterocycles. The number of benzene rings is 1. The van der Waals surface area contributed by atoms with Gasteiger partial charge in [-0.15, -0.1) is 0 Å². The largest absolute Gasteiger partial charge is 0.468 e. The fraction of sp³-hybridized carbons (Fsp3) is 0.421. The van der Waals surface area contributed by atoms with Gasteiger partial charge >= 0.3 is 12.0 Å². The van der Waals surface area contributed by atoms with Crippen LogP contribution in [0.25, 0.3) is 10.9 Å². The van der Waals surface area contributed by atoms with E-state index in [0.717, 1.165) is 16.3 Å². The van der Waals surface area contributed by atoms with Crippen molar-refractivity contribution in [2.75, 3.05) is 7.11 Å². The van der Waals surface area contributed by atoms with Gasteiger partial charge in [-0.2, -0.15) is 0 Å². The van der Waals surface area contributed by atoms with E-state index in [1.165, 1.54) is 7.11 Å². The Labute approximate surface area is 172 Å². The second-order valence-corrected chi connectivity index (χ2v) is 8.64. The molecule has 0 aliphatic heterocycles. The highest BCUT2D eigenvalue weighted by atomic mass is 32.2. The van der Waals surface area contributed by atoms with Crippen LogP contribution in [0.3, 0.4) is 0 Å². The van der Waals surface area contributed by atoms with E-state index in [0.29, 0.717) is 10.9 Å². The molecule has 0 spiro atoms. The number of carbonyl (C=O) groups excluding carboxylic acids is 3. The van der Waals surface area contributed by atoms with Gasteiger partial charge in [0.25, 0.3) is 5.56 Å². The minimum atomic E-state index is -0.752. The lowest BCUT2D eigenvalue weighted by molar-refractivity contribution is -0.141. The summed E-state index contributed by atoms with van der Waals surface area (Å²) in [6, 6.07) is 6.10. The summed E-state index contributed by atoms with van der Waals surface area (Å²) in [5, 5.41) is 4.67. The van der Waals surface area contributed by atoms with Crippen molar-refractivity contribution in [2.24, 2.45) is 0 Å². The molecule has 156 valence electrons. The molecule has 1 heterocycles. The molecular formula is C19H24N4O5S. The Morgan fingerprint density at radius 1 is 1.24 bits per heavy atom. The van der Waals surface area contributed by atoms with Crippen LogP contribution < -0.4 is 16.2 Å². The Hall–Kier alpha value is -2.88. The summed E-state index contributed by atoms with van der Waals surface area (Å²) in [5.41, 5.74) is -0.470. The second-order valence-electron chi connectivity index (χ2n) is 7.33. The number of para-hydroxylation sites is 1. The van der Waals surface area contributed by atoms with Crippen molar-refractivity contribution in [1.82, 2.24) is 20.2 Å². The predicted octanol–water partition coefficient (Wildman–Crippen LogP) is 1.67. The molecule has 1 atom stereocenters. The number of ether oxygens (including phenoxy) is 1. The molecule has 1 aromatic carbocycles. The fourth-order valence-electron chi connectivity index (χ4n) is 2.37. The number of imide groups is 1. The number of methoxy groups -OCH3 is 1. The first-order chi connectivity index (χ1) is 13.5. The molecule has 0 radical (unpaired) electrons. The molecule has 0 saturated carbocycles. The molecule has 0 fully saturated rings. The lowest BCUT2D eigenvalue weighted by Gasteiger charge is -2.21. The van der Waals surface area contributed by atoms with Crippen LogP contribution >= 0.6 is 11.8 Å². The monoisotopic (exact) mass is 420 g/mol. The second kappa shape index (κ2) is 9.08. The van der Waals surface area contributed by atoms with E-state index in [1.807, 2.05) is 0 Å². The van der Waals surface area contributed by atoms with Crippen LogP contribution in [0.1, 0.15) is 27.7 Å². The maximum Gasteiger partial charge on any atom is 0.325 e. The Morgan fingerprint density at radius 2 is 1.90 bits per heavy atom. The summed E-state index contributed by atoms with van der Waals surface area (Å²) in [4.78, 5) is 53.3. The maximum atomic E-state index is 12.8. The van der Waals surface area contributed by atoms with Crippen LogP contribution in [-0.2, 0) is 20.9 Å². The van der Waals surface area contributed by atoms with Crippen LogP contribution in [0.5, 0.6) is 0 Å². The molecule has 29 heavy (non-hydrogen) atoms. The Morgan fingerprint density at radius 3 is 2.52 bits per heavy atom. The molecular weight excluding hydrogens is 396 g/mol. The van der Waals surface area contributed by atoms with Gasteiger partial charge in [0.15, 0.2) is 5.16 Å². The van der Waals surface area contributed by atoms with E-state index < -0.39 is 34.3 Å². The van der Waals surface area contributed by atoms with Gasteiger partial charge in [-0.05, 0) is 39.8 Å². The Kier molecular flexibility index (Phi) is 7.02. The zero-order valence-corrected chi connectivity index (χ0v) is 17.8. The maximum absolute atomic E-state index is 12.8. The predicted molar refractivity (Wildman–Crippen MR) is 110 cm³/mol. The van der Waals surface area contributed by atoms with E-state index in [-0.39, 0.29) is 11.7 Å². The number of esters is 1. The van der Waals surface area contributed by atoms with Crippen molar-refractivity contribution in [1.29, 1.82) is 0 Å². The molecule has 2 aromatic rings. The number of fused-ring (bicyclic) bond motifs is 1. The summed E-state index contributed by atoms with van der Waals surface area (Å²) in [7, 11) is 1.22. The normalized spacial score (nSPS) is 12.3. The zero-order valence-electron chi connectivity index (χ0n) is 16.9. The topological polar surface area (TPSA) is 119 Å². The number of urea groups is 1. The number of nitrogens with one attached hydrogen (secondary N) is 2. The Balaban J connectivity index is 2.30. The standard InChI is InChI=1S/C19H24N4O5S/c1-11(15(25)21-17(27)22-19(2,3)4)29-18-20-13-9-7-6-8-12(13)16(26)23(18)10-14(24)28-5/h6-9,11H,10H2,1-5H3,(H2,21,22,25,27)/t11-/m1/s1. The van der Waals surface area contributed by atoms with Gasteiger partial charge in [-0.1, -0.05) is 23.9 Å². The van der Waals surface area contributed by atoms with Crippen LogP contribution in [0.4, 0.5) is 4.79 Å². The minimum Gasteiger partial charge on any atom is -0.468 e. The van der Waals surface area contributed by atoms with E-state index in [9.17, 15) is 19.2 Å². The van der Waals surface area contributed by atoms with Crippen molar-refractivity contribution in [3.8, 4) is 0 Å². The van der Waals surface area contributed by atoms with E-state index in [2.05, 4.69) is 20.4 Å². The summed E-state index contributed by atoms with van der Waals surface area (Å²) in [6.07, 6.45) is 0. The van der Waals surface area contributed by atoms with Crippen molar-refractivity contribution >= 4 is 40.6 Å². The van der Waals surface area contributed by atoms with E-state index >= 15 is 0 Å². The van der Waals surface area contributed by atoms with Gasteiger partial charge in [-0.3, -0.25) is 24.3 Å². The van der Waals surface area contributed by atoms with Gasteiger partial charge in [0.1, 0.15) is 6.54 Å². The van der Waals surface area contributed by atoms with Crippen molar-refractivity contribution < 1.29 is 19.1 Å². The molecule has 0 aliphatic carbocycles. The van der Waals surface area contributed by atoms with Gasteiger partial charge < -0.3 is 10.1 Å². The molecule has 10 heteroatoms. The number of hydrogen-bond donors (Lipinski definition) is 2. The highest BCUT2D eigenvalue weighted by molar-refractivity contribution is 8.00. The van der Waals surface area contributed by atoms with Gasteiger partial charge in [0.05, 0.1) is 23.3 Å². The molecule has 0 unspecified atom stereocenters. The van der Waals surface area contributed by atoms with Crippen molar-refractivity contribution in [3.05, 3.63) is 34.6 Å². The quantitative estimate of drug-likeness (QED) is 0.429. The molecule has 1 aromatic heterocycles. The SMILES string of the molecule is COC(=O)Cn1c(S[C@H](C)C(=O)NC(=O)NC(C)(C)C)nc2ccccc2c1=O. The van der Waals surface area contributed by atoms with Gasteiger partial charge in [-0.25, -0.2) is 9.78 Å². The first-order valence-corrected chi connectivity index (χ1v) is 9.76. The molecule has 3 amide bonds. The molecule has 9 nitrogen and oxygen atoms in total. The van der Waals surface area contributed by atoms with Gasteiger partial charge in [0, 0.05) is 5.54 Å². The number of rotatable bonds is 5. The highest BCUT2D eigenvalue weighted by Crippen LogP contribution is 2.22. The lowest BCUT2D eigenvalue weighted by Crippen LogP contribution is -2.49. The summed E-state index contributed by atoms with van der Waals surface area (Å²) < 4.78 is 5.82. The number of nitrogens with zero attached hydrogens (tertiary/aromatic N) is 2. The summed E-state index contributed by atoms with van der Waals surface area (Å²) in [5.74, 6) is -1.17.